The van der Waals surface area contributed by atoms with Gasteiger partial charge in [0.05, 0.1) is 6.21 Å². The first kappa shape index (κ1) is 27.0. The molecule has 2 amide bonds. The number of hydrazone groups is 1. The molecule has 0 atom stereocenters. The van der Waals surface area contributed by atoms with Gasteiger partial charge in [0.15, 0.2) is 0 Å². The lowest BCUT2D eigenvalue weighted by Gasteiger charge is -2.21. The molecule has 8 heteroatoms. The van der Waals surface area contributed by atoms with Gasteiger partial charge in [-0.1, -0.05) is 30.3 Å². The molecule has 0 aliphatic rings. The molecule has 3 N–H and O–H groups in total. The van der Waals surface area contributed by atoms with Crippen molar-refractivity contribution in [3.8, 4) is 5.75 Å². The van der Waals surface area contributed by atoms with Crippen LogP contribution in [0.4, 0.5) is 11.4 Å². The van der Waals surface area contributed by atoms with Gasteiger partial charge in [-0.2, -0.15) is 5.10 Å². The molecule has 0 aliphatic heterocycles. The summed E-state index contributed by atoms with van der Waals surface area (Å²) in [6.07, 6.45) is 2.95. The maximum absolute atomic E-state index is 13.0. The SMILES string of the molecule is CCN(CC)c1ccc(/C=N/NC(=O)/C(=C\c2ccc(N(C)C)cc2)NC(=O)c2ccccc2)c(O)c1. The van der Waals surface area contributed by atoms with Crippen molar-refractivity contribution in [3.63, 3.8) is 0 Å². The van der Waals surface area contributed by atoms with Crippen molar-refractivity contribution in [2.45, 2.75) is 13.8 Å². The van der Waals surface area contributed by atoms with E-state index in [9.17, 15) is 14.7 Å². The number of nitrogens with zero attached hydrogens (tertiary/aromatic N) is 3. The summed E-state index contributed by atoms with van der Waals surface area (Å²) in [6.45, 7) is 5.73. The zero-order chi connectivity index (χ0) is 26.8. The van der Waals surface area contributed by atoms with Crippen LogP contribution in [0.5, 0.6) is 5.75 Å². The highest BCUT2D eigenvalue weighted by Crippen LogP contribution is 2.23. The first-order valence-corrected chi connectivity index (χ1v) is 12.1. The van der Waals surface area contributed by atoms with Gasteiger partial charge < -0.3 is 20.2 Å². The van der Waals surface area contributed by atoms with E-state index in [0.29, 0.717) is 11.1 Å². The van der Waals surface area contributed by atoms with Gasteiger partial charge >= 0.3 is 0 Å². The molecule has 37 heavy (non-hydrogen) atoms. The molecule has 3 aromatic carbocycles. The van der Waals surface area contributed by atoms with Gasteiger partial charge in [0.1, 0.15) is 11.4 Å². The van der Waals surface area contributed by atoms with Crippen molar-refractivity contribution in [1.82, 2.24) is 10.7 Å². The molecule has 0 bridgehead atoms. The van der Waals surface area contributed by atoms with Crippen molar-refractivity contribution in [2.24, 2.45) is 5.10 Å². The van der Waals surface area contributed by atoms with E-state index in [4.69, 9.17) is 0 Å². The minimum atomic E-state index is -0.600. The third-order valence-electron chi connectivity index (χ3n) is 5.76. The van der Waals surface area contributed by atoms with E-state index < -0.39 is 11.8 Å². The molecule has 0 aliphatic carbocycles. The smallest absolute Gasteiger partial charge is 0.287 e. The Morgan fingerprint density at radius 1 is 0.919 bits per heavy atom. The van der Waals surface area contributed by atoms with Crippen LogP contribution in [-0.4, -0.2) is 50.3 Å². The van der Waals surface area contributed by atoms with Gasteiger partial charge in [0, 0.05) is 55.8 Å². The van der Waals surface area contributed by atoms with Crippen molar-refractivity contribution in [2.75, 3.05) is 37.0 Å². The third-order valence-corrected chi connectivity index (χ3v) is 5.76. The van der Waals surface area contributed by atoms with Gasteiger partial charge in [-0.25, -0.2) is 5.43 Å². The number of carbonyl (C=O) groups is 2. The Kier molecular flexibility index (Phi) is 9.43. The van der Waals surface area contributed by atoms with Gasteiger partial charge in [-0.3, -0.25) is 9.59 Å². The highest BCUT2D eigenvalue weighted by atomic mass is 16.3. The van der Waals surface area contributed by atoms with Crippen LogP contribution in [0.1, 0.15) is 35.3 Å². The van der Waals surface area contributed by atoms with Crippen LogP contribution in [0.2, 0.25) is 0 Å². The number of aromatic hydroxyl groups is 1. The second kappa shape index (κ2) is 12.9. The summed E-state index contributed by atoms with van der Waals surface area (Å²) in [6, 6.07) is 21.5. The molecule has 0 saturated carbocycles. The minimum Gasteiger partial charge on any atom is -0.507 e. The summed E-state index contributed by atoms with van der Waals surface area (Å²) in [5.74, 6) is -0.964. The summed E-state index contributed by atoms with van der Waals surface area (Å²) in [7, 11) is 3.88. The maximum atomic E-state index is 13.0. The fourth-order valence-electron chi connectivity index (χ4n) is 3.63. The number of hydrogen-bond acceptors (Lipinski definition) is 6. The van der Waals surface area contributed by atoms with E-state index >= 15 is 0 Å². The molecular weight excluding hydrogens is 466 g/mol. The number of hydrogen-bond donors (Lipinski definition) is 3. The van der Waals surface area contributed by atoms with Crippen molar-refractivity contribution >= 4 is 35.5 Å². The van der Waals surface area contributed by atoms with Gasteiger partial charge in [-0.15, -0.1) is 0 Å². The average Bonchev–Trinajstić information content (AvgIpc) is 2.90. The number of phenols is 1. The number of rotatable bonds is 10. The lowest BCUT2D eigenvalue weighted by Crippen LogP contribution is -2.32. The van der Waals surface area contributed by atoms with E-state index in [2.05, 4.69) is 20.7 Å². The number of amides is 2. The van der Waals surface area contributed by atoms with E-state index in [1.54, 1.807) is 42.5 Å². The second-order valence-electron chi connectivity index (χ2n) is 8.48. The predicted molar refractivity (Wildman–Crippen MR) is 150 cm³/mol. The molecule has 192 valence electrons. The van der Waals surface area contributed by atoms with Crippen molar-refractivity contribution in [3.05, 3.63) is 95.2 Å². The van der Waals surface area contributed by atoms with Crippen LogP contribution in [0.25, 0.3) is 6.08 Å². The zero-order valence-corrected chi connectivity index (χ0v) is 21.6. The third kappa shape index (κ3) is 7.44. The van der Waals surface area contributed by atoms with Crippen molar-refractivity contribution in [1.29, 1.82) is 0 Å². The maximum Gasteiger partial charge on any atom is 0.287 e. The van der Waals surface area contributed by atoms with E-state index in [0.717, 1.165) is 30.0 Å². The first-order chi connectivity index (χ1) is 17.8. The topological polar surface area (TPSA) is 97.3 Å². The zero-order valence-electron chi connectivity index (χ0n) is 21.6. The number of carbonyl (C=O) groups excluding carboxylic acids is 2. The summed E-state index contributed by atoms with van der Waals surface area (Å²) in [4.78, 5) is 29.8. The molecule has 8 nitrogen and oxygen atoms in total. The van der Waals surface area contributed by atoms with Gasteiger partial charge in [0.2, 0.25) is 0 Å². The largest absolute Gasteiger partial charge is 0.507 e. The molecule has 0 fully saturated rings. The predicted octanol–water partition coefficient (Wildman–Crippen LogP) is 4.23. The Morgan fingerprint density at radius 2 is 1.57 bits per heavy atom. The highest BCUT2D eigenvalue weighted by molar-refractivity contribution is 6.05. The highest BCUT2D eigenvalue weighted by Gasteiger charge is 2.14. The summed E-state index contributed by atoms with van der Waals surface area (Å²) in [5, 5.41) is 17.1. The molecule has 0 heterocycles. The lowest BCUT2D eigenvalue weighted by molar-refractivity contribution is -0.117. The molecule has 0 spiro atoms. The van der Waals surface area contributed by atoms with E-state index in [1.807, 2.05) is 69.2 Å². The molecular formula is C29H33N5O3. The number of nitrogens with one attached hydrogen (secondary N) is 2. The van der Waals surface area contributed by atoms with Crippen molar-refractivity contribution < 1.29 is 14.7 Å². The Bertz CT molecular complexity index is 1260. The standard InChI is InChI=1S/C29H33N5O3/c1-5-34(6-2)25-17-14-23(27(35)19-25)20-30-32-29(37)26(31-28(36)22-10-8-7-9-11-22)18-21-12-15-24(16-13-21)33(3)4/h7-20,35H,5-6H2,1-4H3,(H,31,36)(H,32,37)/b26-18+,30-20+. The summed E-state index contributed by atoms with van der Waals surface area (Å²) < 4.78 is 0. The monoisotopic (exact) mass is 499 g/mol. The van der Waals surface area contributed by atoms with Crippen LogP contribution in [0.15, 0.2) is 83.6 Å². The molecule has 3 aromatic rings. The molecule has 3 rings (SSSR count). The fourth-order valence-corrected chi connectivity index (χ4v) is 3.63. The Morgan fingerprint density at radius 3 is 2.16 bits per heavy atom. The Balaban J connectivity index is 1.80. The molecule has 0 unspecified atom stereocenters. The lowest BCUT2D eigenvalue weighted by atomic mass is 10.1. The normalized spacial score (nSPS) is 11.3. The molecule has 0 saturated heterocycles. The van der Waals surface area contributed by atoms with Gasteiger partial charge in [0.25, 0.3) is 11.8 Å². The summed E-state index contributed by atoms with van der Waals surface area (Å²) in [5.41, 5.74) is 5.99. The quantitative estimate of drug-likeness (QED) is 0.220. The molecule has 0 radical (unpaired) electrons. The fraction of sp³-hybridized carbons (Fsp3) is 0.207. The second-order valence-corrected chi connectivity index (χ2v) is 8.48. The van der Waals surface area contributed by atoms with E-state index in [1.165, 1.54) is 6.21 Å². The minimum absolute atomic E-state index is 0.0321. The number of benzene rings is 3. The Hall–Kier alpha value is -4.59. The van der Waals surface area contributed by atoms with Crippen LogP contribution >= 0.6 is 0 Å². The number of phenolic OH excluding ortho intramolecular Hbond substituents is 1. The van der Waals surface area contributed by atoms with Crippen LogP contribution < -0.4 is 20.5 Å². The van der Waals surface area contributed by atoms with Crippen LogP contribution in [0, 0.1) is 0 Å². The van der Waals surface area contributed by atoms with Gasteiger partial charge in [-0.05, 0) is 61.9 Å². The molecule has 0 aromatic heterocycles. The average molecular weight is 500 g/mol. The van der Waals surface area contributed by atoms with Crippen LogP contribution in [0.3, 0.4) is 0 Å². The van der Waals surface area contributed by atoms with E-state index in [-0.39, 0.29) is 11.4 Å². The summed E-state index contributed by atoms with van der Waals surface area (Å²) >= 11 is 0. The van der Waals surface area contributed by atoms with Crippen LogP contribution in [-0.2, 0) is 4.79 Å². The first-order valence-electron chi connectivity index (χ1n) is 12.1. The Labute approximate surface area is 217 Å². The number of anilines is 2.